The smallest absolute Gasteiger partial charge is 0.164 e. The van der Waals surface area contributed by atoms with E-state index >= 15 is 0 Å². The lowest BCUT2D eigenvalue weighted by atomic mass is 10.1. The molecule has 2 heterocycles. The van der Waals surface area contributed by atoms with Crippen molar-refractivity contribution in [2.45, 2.75) is 56.9 Å². The zero-order chi connectivity index (χ0) is 9.64. The fourth-order valence-electron chi connectivity index (χ4n) is 1.96. The molecule has 0 N–H and O–H groups in total. The van der Waals surface area contributed by atoms with Crippen LogP contribution in [0.4, 0.5) is 0 Å². The van der Waals surface area contributed by atoms with Gasteiger partial charge in [0, 0.05) is 0 Å². The Morgan fingerprint density at radius 1 is 1.23 bits per heavy atom. The molecule has 76 valence electrons. The fraction of sp³-hybridized carbons (Fsp3) is 1.00. The molecule has 0 saturated carbocycles. The Kier molecular flexibility index (Phi) is 2.31. The Morgan fingerprint density at radius 3 is 2.46 bits per heavy atom. The van der Waals surface area contributed by atoms with Crippen LogP contribution in [0.1, 0.15) is 27.2 Å². The van der Waals surface area contributed by atoms with Crippen LogP contribution in [0, 0.1) is 0 Å². The molecule has 0 radical (unpaired) electrons. The normalized spacial score (nSPS) is 48.0. The van der Waals surface area contributed by atoms with E-state index in [9.17, 15) is 0 Å². The molecular formula is C9H15ClO3. The minimum Gasteiger partial charge on any atom is -0.354 e. The Labute approximate surface area is 83.3 Å². The van der Waals surface area contributed by atoms with Crippen LogP contribution < -0.4 is 0 Å². The lowest BCUT2D eigenvalue weighted by Crippen LogP contribution is -2.28. The van der Waals surface area contributed by atoms with Gasteiger partial charge >= 0.3 is 0 Å². The monoisotopic (exact) mass is 206 g/mol. The van der Waals surface area contributed by atoms with Crippen LogP contribution >= 0.6 is 11.6 Å². The summed E-state index contributed by atoms with van der Waals surface area (Å²) in [5.41, 5.74) is -0.364. The van der Waals surface area contributed by atoms with Crippen LogP contribution in [0.15, 0.2) is 0 Å². The molecule has 0 unspecified atom stereocenters. The molecule has 4 atom stereocenters. The van der Waals surface area contributed by atoms with Gasteiger partial charge in [0.05, 0.1) is 6.10 Å². The third kappa shape index (κ3) is 1.59. The lowest BCUT2D eigenvalue weighted by molar-refractivity contribution is -0.179. The average molecular weight is 207 g/mol. The molecule has 2 rings (SSSR count). The Balaban J connectivity index is 2.12. The van der Waals surface area contributed by atoms with Gasteiger partial charge in [0.15, 0.2) is 11.4 Å². The van der Waals surface area contributed by atoms with Gasteiger partial charge in [0.1, 0.15) is 12.2 Å². The molecule has 2 saturated heterocycles. The second-order valence-electron chi connectivity index (χ2n) is 4.00. The first-order valence-electron chi connectivity index (χ1n) is 4.68. The molecule has 2 aliphatic heterocycles. The van der Waals surface area contributed by atoms with Crippen molar-refractivity contribution in [2.24, 2.45) is 0 Å². The third-order valence-corrected chi connectivity index (χ3v) is 2.85. The third-order valence-electron chi connectivity index (χ3n) is 2.50. The highest BCUT2D eigenvalue weighted by molar-refractivity contribution is 6.20. The number of rotatable bonds is 1. The van der Waals surface area contributed by atoms with Crippen molar-refractivity contribution >= 4 is 11.6 Å². The first-order valence-corrected chi connectivity index (χ1v) is 5.12. The molecule has 0 spiro atoms. The van der Waals surface area contributed by atoms with Crippen LogP contribution in [0.25, 0.3) is 0 Å². The molecule has 0 aromatic carbocycles. The van der Waals surface area contributed by atoms with Crippen molar-refractivity contribution in [1.29, 1.82) is 0 Å². The second kappa shape index (κ2) is 3.09. The van der Waals surface area contributed by atoms with E-state index in [0.29, 0.717) is 0 Å². The zero-order valence-electron chi connectivity index (χ0n) is 8.12. The maximum absolute atomic E-state index is 5.99. The SMILES string of the molecule is CC[C@H]1O[C@H](Cl)[C@@H]2OC(C)(C)O[C@@H]21. The summed E-state index contributed by atoms with van der Waals surface area (Å²) in [7, 11) is 0. The maximum Gasteiger partial charge on any atom is 0.164 e. The number of fused-ring (bicyclic) bond motifs is 1. The maximum atomic E-state index is 5.99. The highest BCUT2D eigenvalue weighted by Crippen LogP contribution is 2.40. The molecule has 0 aromatic heterocycles. The van der Waals surface area contributed by atoms with Crippen molar-refractivity contribution in [3.05, 3.63) is 0 Å². The van der Waals surface area contributed by atoms with Crippen molar-refractivity contribution in [1.82, 2.24) is 0 Å². The molecule has 0 aromatic rings. The molecule has 4 heteroatoms. The van der Waals surface area contributed by atoms with Crippen LogP contribution in [0.5, 0.6) is 0 Å². The van der Waals surface area contributed by atoms with E-state index in [2.05, 4.69) is 6.92 Å². The van der Waals surface area contributed by atoms with Crippen LogP contribution in [-0.2, 0) is 14.2 Å². The Bertz CT molecular complexity index is 207. The Hall–Kier alpha value is 0.170. The molecular weight excluding hydrogens is 192 g/mol. The predicted molar refractivity (Wildman–Crippen MR) is 48.6 cm³/mol. The topological polar surface area (TPSA) is 27.7 Å². The summed E-state index contributed by atoms with van der Waals surface area (Å²) in [6, 6.07) is 0. The number of ether oxygens (including phenoxy) is 3. The summed E-state index contributed by atoms with van der Waals surface area (Å²) in [6.07, 6.45) is 0.877. The molecule has 3 nitrogen and oxygen atoms in total. The van der Waals surface area contributed by atoms with Gasteiger partial charge < -0.3 is 14.2 Å². The summed E-state index contributed by atoms with van der Waals surface area (Å²) in [4.78, 5) is 0. The summed E-state index contributed by atoms with van der Waals surface area (Å²) >= 11 is 5.99. The number of alkyl halides is 1. The van der Waals surface area contributed by atoms with E-state index in [-0.39, 0.29) is 23.9 Å². The minimum absolute atomic E-state index is 0.00231. The lowest BCUT2D eigenvalue weighted by Gasteiger charge is -2.21. The first-order chi connectivity index (χ1) is 6.03. The van der Waals surface area contributed by atoms with Gasteiger partial charge in [-0.3, -0.25) is 0 Å². The minimum atomic E-state index is -0.514. The van der Waals surface area contributed by atoms with Gasteiger partial charge in [0.2, 0.25) is 0 Å². The zero-order valence-corrected chi connectivity index (χ0v) is 8.88. The Morgan fingerprint density at radius 2 is 1.85 bits per heavy atom. The van der Waals surface area contributed by atoms with Gasteiger partial charge in [-0.25, -0.2) is 0 Å². The van der Waals surface area contributed by atoms with Crippen LogP contribution in [-0.4, -0.2) is 29.7 Å². The van der Waals surface area contributed by atoms with E-state index < -0.39 is 5.79 Å². The van der Waals surface area contributed by atoms with Crippen molar-refractivity contribution in [3.63, 3.8) is 0 Å². The van der Waals surface area contributed by atoms with Gasteiger partial charge in [0.25, 0.3) is 0 Å². The van der Waals surface area contributed by atoms with Crippen molar-refractivity contribution < 1.29 is 14.2 Å². The highest BCUT2D eigenvalue weighted by atomic mass is 35.5. The summed E-state index contributed by atoms with van der Waals surface area (Å²) < 4.78 is 16.8. The van der Waals surface area contributed by atoms with Gasteiger partial charge in [-0.05, 0) is 20.3 Å². The molecule has 2 fully saturated rings. The van der Waals surface area contributed by atoms with Gasteiger partial charge in [-0.1, -0.05) is 18.5 Å². The summed E-state index contributed by atoms with van der Waals surface area (Å²) in [6.45, 7) is 5.87. The summed E-state index contributed by atoms with van der Waals surface area (Å²) in [5.74, 6) is -0.514. The van der Waals surface area contributed by atoms with Crippen LogP contribution in [0.2, 0.25) is 0 Å². The summed E-state index contributed by atoms with van der Waals surface area (Å²) in [5, 5.41) is 0. The standard InChI is InChI=1S/C9H15ClO3/c1-4-5-6-7(8(10)11-5)13-9(2,3)12-6/h5-8H,4H2,1-3H3/t5-,6-,7-,8+/m1/s1. The number of halogens is 1. The van der Waals surface area contributed by atoms with Gasteiger partial charge in [-0.2, -0.15) is 0 Å². The molecule has 13 heavy (non-hydrogen) atoms. The van der Waals surface area contributed by atoms with Crippen molar-refractivity contribution in [3.8, 4) is 0 Å². The average Bonchev–Trinajstić information content (AvgIpc) is 2.47. The first kappa shape index (κ1) is 9.71. The van der Waals surface area contributed by atoms with E-state index in [0.717, 1.165) is 6.42 Å². The van der Waals surface area contributed by atoms with Crippen LogP contribution in [0.3, 0.4) is 0 Å². The predicted octanol–water partition coefficient (Wildman–Crippen LogP) is 1.88. The van der Waals surface area contributed by atoms with E-state index in [1.165, 1.54) is 0 Å². The molecule has 0 bridgehead atoms. The number of hydrogen-bond acceptors (Lipinski definition) is 3. The van der Waals surface area contributed by atoms with Crippen molar-refractivity contribution in [2.75, 3.05) is 0 Å². The van der Waals surface area contributed by atoms with E-state index in [4.69, 9.17) is 25.8 Å². The molecule has 2 aliphatic rings. The molecule has 0 aliphatic carbocycles. The van der Waals surface area contributed by atoms with E-state index in [1.807, 2.05) is 13.8 Å². The van der Waals surface area contributed by atoms with Gasteiger partial charge in [-0.15, -0.1) is 0 Å². The highest BCUT2D eigenvalue weighted by Gasteiger charge is 2.53. The quantitative estimate of drug-likeness (QED) is 0.614. The fourth-order valence-corrected chi connectivity index (χ4v) is 2.28. The largest absolute Gasteiger partial charge is 0.354 e. The number of hydrogen-bond donors (Lipinski definition) is 0. The molecule has 0 amide bonds. The second-order valence-corrected chi connectivity index (χ2v) is 4.43. The van der Waals surface area contributed by atoms with E-state index in [1.54, 1.807) is 0 Å².